The van der Waals surface area contributed by atoms with Crippen molar-refractivity contribution >= 4 is 44.6 Å². The molecule has 1 aromatic carbocycles. The molecule has 0 aliphatic carbocycles. The van der Waals surface area contributed by atoms with Crippen LogP contribution in [0.4, 0.5) is 5.69 Å². The fraction of sp³-hybridized carbons (Fsp3) is 0.353. The number of amides is 1. The Kier molecular flexibility index (Phi) is 6.07. The first-order valence-corrected chi connectivity index (χ1v) is 11.0. The SMILES string of the molecule is CN(Cc1ccc(Cl)s1)C(=O)c1cc(S(N)(=O)=O)ccc1N1CCOCC1. The van der Waals surface area contributed by atoms with Crippen molar-refractivity contribution in [3.05, 3.63) is 45.1 Å². The first-order chi connectivity index (χ1) is 12.8. The van der Waals surface area contributed by atoms with Crippen LogP contribution in [-0.4, -0.2) is 52.6 Å². The largest absolute Gasteiger partial charge is 0.378 e. The number of ether oxygens (including phenoxy) is 1. The van der Waals surface area contributed by atoms with Crippen LogP contribution in [0, 0.1) is 0 Å². The van der Waals surface area contributed by atoms with Gasteiger partial charge in [-0.05, 0) is 30.3 Å². The second kappa shape index (κ2) is 8.15. The van der Waals surface area contributed by atoms with Gasteiger partial charge in [-0.25, -0.2) is 13.6 Å². The summed E-state index contributed by atoms with van der Waals surface area (Å²) in [5.41, 5.74) is 0.973. The number of hydrogen-bond acceptors (Lipinski definition) is 6. The van der Waals surface area contributed by atoms with Gasteiger partial charge in [0.1, 0.15) is 0 Å². The van der Waals surface area contributed by atoms with E-state index in [1.54, 1.807) is 19.2 Å². The number of nitrogens with zero attached hydrogens (tertiary/aromatic N) is 2. The van der Waals surface area contributed by atoms with E-state index < -0.39 is 10.0 Å². The van der Waals surface area contributed by atoms with Gasteiger partial charge in [0, 0.05) is 30.7 Å². The van der Waals surface area contributed by atoms with Crippen LogP contribution in [0.2, 0.25) is 4.34 Å². The summed E-state index contributed by atoms with van der Waals surface area (Å²) in [4.78, 5) is 17.5. The molecule has 2 N–H and O–H groups in total. The fourth-order valence-electron chi connectivity index (χ4n) is 2.89. The van der Waals surface area contributed by atoms with Crippen molar-refractivity contribution in [1.29, 1.82) is 0 Å². The Morgan fingerprint density at radius 2 is 2.00 bits per heavy atom. The molecule has 0 radical (unpaired) electrons. The molecule has 2 aromatic rings. The quantitative estimate of drug-likeness (QED) is 0.786. The van der Waals surface area contributed by atoms with Crippen LogP contribution >= 0.6 is 22.9 Å². The summed E-state index contributed by atoms with van der Waals surface area (Å²) in [7, 11) is -2.25. The second-order valence-corrected chi connectivity index (χ2v) is 9.55. The van der Waals surface area contributed by atoms with Gasteiger partial charge in [-0.3, -0.25) is 4.79 Å². The molecule has 1 aliphatic heterocycles. The maximum absolute atomic E-state index is 13.1. The summed E-state index contributed by atoms with van der Waals surface area (Å²) in [6.45, 7) is 2.72. The maximum Gasteiger partial charge on any atom is 0.256 e. The highest BCUT2D eigenvalue weighted by atomic mass is 35.5. The van der Waals surface area contributed by atoms with Gasteiger partial charge < -0.3 is 14.5 Å². The van der Waals surface area contributed by atoms with Crippen LogP contribution in [0.1, 0.15) is 15.2 Å². The molecule has 1 aliphatic rings. The molecule has 10 heteroatoms. The molecule has 0 atom stereocenters. The van der Waals surface area contributed by atoms with Crippen molar-refractivity contribution in [2.24, 2.45) is 5.14 Å². The van der Waals surface area contributed by atoms with Gasteiger partial charge >= 0.3 is 0 Å². The number of nitrogens with two attached hydrogens (primary N) is 1. The Morgan fingerprint density at radius 1 is 1.30 bits per heavy atom. The Hall–Kier alpha value is -1.65. The number of sulfonamides is 1. The van der Waals surface area contributed by atoms with Crippen molar-refractivity contribution in [3.8, 4) is 0 Å². The van der Waals surface area contributed by atoms with Gasteiger partial charge in [0.15, 0.2) is 0 Å². The first kappa shape index (κ1) is 20.1. The Bertz CT molecular complexity index is 939. The minimum atomic E-state index is -3.92. The highest BCUT2D eigenvalue weighted by Gasteiger charge is 2.24. The van der Waals surface area contributed by atoms with Crippen LogP contribution < -0.4 is 10.0 Å². The van der Waals surface area contributed by atoms with E-state index in [0.717, 1.165) is 4.88 Å². The molecule has 0 saturated carbocycles. The van der Waals surface area contributed by atoms with Crippen molar-refractivity contribution < 1.29 is 17.9 Å². The third-order valence-electron chi connectivity index (χ3n) is 4.25. The smallest absolute Gasteiger partial charge is 0.256 e. The predicted molar refractivity (Wildman–Crippen MR) is 106 cm³/mol. The van der Waals surface area contributed by atoms with E-state index in [0.29, 0.717) is 48.4 Å². The molecule has 27 heavy (non-hydrogen) atoms. The lowest BCUT2D eigenvalue weighted by Crippen LogP contribution is -2.38. The monoisotopic (exact) mass is 429 g/mol. The number of halogens is 1. The van der Waals surface area contributed by atoms with E-state index >= 15 is 0 Å². The summed E-state index contributed by atoms with van der Waals surface area (Å²) in [6, 6.07) is 8.05. The van der Waals surface area contributed by atoms with Crippen LogP contribution in [0.25, 0.3) is 0 Å². The Labute approximate surface area is 167 Å². The molecule has 1 fully saturated rings. The number of carbonyl (C=O) groups excluding carboxylic acids is 1. The van der Waals surface area contributed by atoms with Crippen molar-refractivity contribution in [2.45, 2.75) is 11.4 Å². The van der Waals surface area contributed by atoms with Crippen LogP contribution in [0.3, 0.4) is 0 Å². The molecule has 7 nitrogen and oxygen atoms in total. The van der Waals surface area contributed by atoms with E-state index in [9.17, 15) is 13.2 Å². The van der Waals surface area contributed by atoms with E-state index in [1.807, 2.05) is 11.0 Å². The zero-order valence-corrected chi connectivity index (χ0v) is 17.1. The van der Waals surface area contributed by atoms with E-state index in [1.165, 1.54) is 28.4 Å². The minimum Gasteiger partial charge on any atom is -0.378 e. The fourth-order valence-corrected chi connectivity index (χ4v) is 4.57. The minimum absolute atomic E-state index is 0.0876. The summed E-state index contributed by atoms with van der Waals surface area (Å²) < 4.78 is 29.5. The Morgan fingerprint density at radius 3 is 2.59 bits per heavy atom. The van der Waals surface area contributed by atoms with Crippen LogP contribution in [0.15, 0.2) is 35.2 Å². The number of benzene rings is 1. The number of thiophene rings is 1. The molecule has 0 spiro atoms. The van der Waals surface area contributed by atoms with Crippen LogP contribution in [0.5, 0.6) is 0 Å². The summed E-state index contributed by atoms with van der Waals surface area (Å²) >= 11 is 7.35. The van der Waals surface area contributed by atoms with Gasteiger partial charge in [-0.15, -0.1) is 11.3 Å². The number of rotatable bonds is 5. The number of carbonyl (C=O) groups is 1. The van der Waals surface area contributed by atoms with Gasteiger partial charge in [-0.2, -0.15) is 0 Å². The molecule has 1 saturated heterocycles. The van der Waals surface area contributed by atoms with E-state index in [2.05, 4.69) is 0 Å². The highest BCUT2D eigenvalue weighted by molar-refractivity contribution is 7.89. The molecule has 1 amide bonds. The van der Waals surface area contributed by atoms with Crippen molar-refractivity contribution in [2.75, 3.05) is 38.3 Å². The zero-order valence-electron chi connectivity index (χ0n) is 14.7. The molecular formula is C17H20ClN3O4S2. The number of hydrogen-bond donors (Lipinski definition) is 1. The average molecular weight is 430 g/mol. The third-order valence-corrected chi connectivity index (χ3v) is 6.37. The lowest BCUT2D eigenvalue weighted by Gasteiger charge is -2.31. The molecule has 0 bridgehead atoms. The predicted octanol–water partition coefficient (Wildman–Crippen LogP) is 2.16. The van der Waals surface area contributed by atoms with E-state index in [4.69, 9.17) is 21.5 Å². The lowest BCUT2D eigenvalue weighted by molar-refractivity contribution is 0.0785. The highest BCUT2D eigenvalue weighted by Crippen LogP contribution is 2.27. The first-order valence-electron chi connectivity index (χ1n) is 8.25. The zero-order chi connectivity index (χ0) is 19.6. The molecule has 2 heterocycles. The van der Waals surface area contributed by atoms with Gasteiger partial charge in [-0.1, -0.05) is 11.6 Å². The molecular weight excluding hydrogens is 410 g/mol. The second-order valence-electron chi connectivity index (χ2n) is 6.19. The normalized spacial score (nSPS) is 15.0. The number of anilines is 1. The molecule has 3 rings (SSSR count). The lowest BCUT2D eigenvalue weighted by atomic mass is 10.1. The standard InChI is InChI=1S/C17H20ClN3O4S2/c1-20(11-12-2-5-16(18)26-12)17(22)14-10-13(27(19,23)24)3-4-15(14)21-6-8-25-9-7-21/h2-5,10H,6-9,11H2,1H3,(H2,19,23,24). The average Bonchev–Trinajstić information content (AvgIpc) is 3.05. The molecule has 146 valence electrons. The summed E-state index contributed by atoms with van der Waals surface area (Å²) in [5.74, 6) is -0.286. The summed E-state index contributed by atoms with van der Waals surface area (Å²) in [6.07, 6.45) is 0. The maximum atomic E-state index is 13.1. The third kappa shape index (κ3) is 4.80. The number of morpholine rings is 1. The van der Waals surface area contributed by atoms with Gasteiger partial charge in [0.05, 0.1) is 34.6 Å². The number of primary sulfonamides is 1. The van der Waals surface area contributed by atoms with Crippen molar-refractivity contribution in [3.63, 3.8) is 0 Å². The van der Waals surface area contributed by atoms with Gasteiger partial charge in [0.2, 0.25) is 10.0 Å². The van der Waals surface area contributed by atoms with E-state index in [-0.39, 0.29) is 10.8 Å². The van der Waals surface area contributed by atoms with Crippen LogP contribution in [-0.2, 0) is 21.3 Å². The summed E-state index contributed by atoms with van der Waals surface area (Å²) in [5, 5.41) is 5.26. The van der Waals surface area contributed by atoms with Gasteiger partial charge in [0.25, 0.3) is 5.91 Å². The Balaban J connectivity index is 1.95. The topological polar surface area (TPSA) is 92.9 Å². The molecule has 0 unspecified atom stereocenters. The molecule has 1 aromatic heterocycles. The van der Waals surface area contributed by atoms with Crippen molar-refractivity contribution in [1.82, 2.24) is 4.90 Å².